The Morgan fingerprint density at radius 1 is 1.27 bits per heavy atom. The van der Waals surface area contributed by atoms with Gasteiger partial charge < -0.3 is 19.8 Å². The molecular formula is C7H10O4-2. The molecule has 0 fully saturated rings. The Labute approximate surface area is 64.8 Å². The second kappa shape index (κ2) is 4.71. The zero-order valence-electron chi connectivity index (χ0n) is 6.33. The normalized spacial score (nSPS) is 12.5. The second-order valence-corrected chi connectivity index (χ2v) is 2.59. The van der Waals surface area contributed by atoms with Crippen molar-refractivity contribution in [3.05, 3.63) is 0 Å². The molecule has 11 heavy (non-hydrogen) atoms. The van der Waals surface area contributed by atoms with Crippen LogP contribution in [0, 0.1) is 5.92 Å². The van der Waals surface area contributed by atoms with Crippen molar-refractivity contribution < 1.29 is 19.8 Å². The molecule has 4 heteroatoms. The van der Waals surface area contributed by atoms with Gasteiger partial charge in [-0.2, -0.15) is 0 Å². The summed E-state index contributed by atoms with van der Waals surface area (Å²) in [5.41, 5.74) is 0. The molecule has 0 rings (SSSR count). The van der Waals surface area contributed by atoms with E-state index in [1.807, 2.05) is 0 Å². The van der Waals surface area contributed by atoms with Gasteiger partial charge in [-0.25, -0.2) is 0 Å². The molecule has 0 radical (unpaired) electrons. The fraction of sp³-hybridized carbons (Fsp3) is 0.714. The number of aliphatic carboxylic acids is 2. The van der Waals surface area contributed by atoms with E-state index in [9.17, 15) is 19.8 Å². The lowest BCUT2D eigenvalue weighted by Gasteiger charge is -2.11. The molecule has 0 aromatic heterocycles. The lowest BCUT2D eigenvalue weighted by atomic mass is 10.0. The van der Waals surface area contributed by atoms with E-state index < -0.39 is 11.9 Å². The molecule has 0 bridgehead atoms. The van der Waals surface area contributed by atoms with Gasteiger partial charge in [0, 0.05) is 11.9 Å². The Kier molecular flexibility index (Phi) is 4.26. The summed E-state index contributed by atoms with van der Waals surface area (Å²) in [6.45, 7) is 1.67. The fourth-order valence-corrected chi connectivity index (χ4v) is 0.751. The van der Waals surface area contributed by atoms with Crippen molar-refractivity contribution >= 4 is 11.9 Å². The highest BCUT2D eigenvalue weighted by Gasteiger charge is 2.01. The van der Waals surface area contributed by atoms with Crippen molar-refractivity contribution in [1.82, 2.24) is 0 Å². The van der Waals surface area contributed by atoms with Gasteiger partial charge in [0.25, 0.3) is 0 Å². The summed E-state index contributed by atoms with van der Waals surface area (Å²) >= 11 is 0. The van der Waals surface area contributed by atoms with Crippen molar-refractivity contribution in [1.29, 1.82) is 0 Å². The molecule has 0 aliphatic carbocycles. The SMILES string of the molecule is C[C@@H](CCC(=O)[O-])CC(=O)[O-]. The zero-order valence-corrected chi connectivity index (χ0v) is 6.33. The van der Waals surface area contributed by atoms with Crippen LogP contribution in [0.3, 0.4) is 0 Å². The van der Waals surface area contributed by atoms with Crippen LogP contribution in [0.1, 0.15) is 26.2 Å². The summed E-state index contributed by atoms with van der Waals surface area (Å²) < 4.78 is 0. The van der Waals surface area contributed by atoms with Crippen molar-refractivity contribution in [3.8, 4) is 0 Å². The van der Waals surface area contributed by atoms with Gasteiger partial charge in [0.15, 0.2) is 0 Å². The molecule has 0 amide bonds. The van der Waals surface area contributed by atoms with Crippen LogP contribution < -0.4 is 10.2 Å². The zero-order chi connectivity index (χ0) is 8.85. The van der Waals surface area contributed by atoms with Gasteiger partial charge in [0.05, 0.1) is 0 Å². The average molecular weight is 158 g/mol. The first-order valence-electron chi connectivity index (χ1n) is 3.42. The lowest BCUT2D eigenvalue weighted by molar-refractivity contribution is -0.309. The lowest BCUT2D eigenvalue weighted by Crippen LogP contribution is -2.26. The maximum absolute atomic E-state index is 9.98. The van der Waals surface area contributed by atoms with Crippen molar-refractivity contribution in [2.75, 3.05) is 0 Å². The van der Waals surface area contributed by atoms with Crippen LogP contribution in [0.5, 0.6) is 0 Å². The Bertz CT molecular complexity index is 153. The largest absolute Gasteiger partial charge is 0.550 e. The van der Waals surface area contributed by atoms with E-state index in [0.717, 1.165) is 0 Å². The van der Waals surface area contributed by atoms with Crippen LogP contribution in [-0.4, -0.2) is 11.9 Å². The number of carboxylic acids is 2. The molecule has 0 spiro atoms. The number of carboxylic acid groups (broad SMARTS) is 2. The summed E-state index contributed by atoms with van der Waals surface area (Å²) in [6, 6.07) is 0. The Morgan fingerprint density at radius 3 is 2.18 bits per heavy atom. The molecule has 0 unspecified atom stereocenters. The molecule has 0 aromatic carbocycles. The molecule has 0 aromatic rings. The summed E-state index contributed by atoms with van der Waals surface area (Å²) in [6.07, 6.45) is 0.151. The van der Waals surface area contributed by atoms with Crippen LogP contribution in [-0.2, 0) is 9.59 Å². The first-order valence-corrected chi connectivity index (χ1v) is 3.42. The van der Waals surface area contributed by atoms with Gasteiger partial charge in [-0.1, -0.05) is 6.92 Å². The molecule has 0 saturated carbocycles. The van der Waals surface area contributed by atoms with Crippen molar-refractivity contribution in [2.45, 2.75) is 26.2 Å². The maximum atomic E-state index is 9.98. The molecule has 4 nitrogen and oxygen atoms in total. The molecule has 1 atom stereocenters. The molecule has 0 heterocycles. The monoisotopic (exact) mass is 158 g/mol. The van der Waals surface area contributed by atoms with E-state index in [1.165, 1.54) is 0 Å². The molecule has 0 aliphatic rings. The van der Waals surface area contributed by atoms with Gasteiger partial charge in [-0.05, 0) is 25.2 Å². The van der Waals surface area contributed by atoms with Gasteiger partial charge in [0.1, 0.15) is 0 Å². The van der Waals surface area contributed by atoms with Crippen molar-refractivity contribution in [2.24, 2.45) is 5.92 Å². The number of carbonyl (C=O) groups excluding carboxylic acids is 2. The van der Waals surface area contributed by atoms with Crippen LogP contribution in [0.15, 0.2) is 0 Å². The molecule has 0 saturated heterocycles. The Hall–Kier alpha value is -1.06. The van der Waals surface area contributed by atoms with E-state index in [4.69, 9.17) is 0 Å². The summed E-state index contributed by atoms with van der Waals surface area (Å²) in [5, 5.41) is 19.9. The average Bonchev–Trinajstić information content (AvgIpc) is 1.82. The third-order valence-corrected chi connectivity index (χ3v) is 1.36. The topological polar surface area (TPSA) is 80.3 Å². The van der Waals surface area contributed by atoms with E-state index in [2.05, 4.69) is 0 Å². The summed E-state index contributed by atoms with van der Waals surface area (Å²) in [4.78, 5) is 19.9. The molecule has 0 aliphatic heterocycles. The third-order valence-electron chi connectivity index (χ3n) is 1.36. The minimum atomic E-state index is -1.14. The van der Waals surface area contributed by atoms with E-state index in [0.29, 0.717) is 6.42 Å². The second-order valence-electron chi connectivity index (χ2n) is 2.59. The quantitative estimate of drug-likeness (QED) is 0.477. The van der Waals surface area contributed by atoms with Gasteiger partial charge in [-0.15, -0.1) is 0 Å². The van der Waals surface area contributed by atoms with Crippen LogP contribution in [0.2, 0.25) is 0 Å². The van der Waals surface area contributed by atoms with Crippen LogP contribution in [0.25, 0.3) is 0 Å². The molecular weight excluding hydrogens is 148 g/mol. The Balaban J connectivity index is 3.44. The van der Waals surface area contributed by atoms with Gasteiger partial charge in [-0.3, -0.25) is 0 Å². The minimum Gasteiger partial charge on any atom is -0.550 e. The fourth-order valence-electron chi connectivity index (χ4n) is 0.751. The highest BCUT2D eigenvalue weighted by atomic mass is 16.4. The van der Waals surface area contributed by atoms with Crippen molar-refractivity contribution in [3.63, 3.8) is 0 Å². The number of hydrogen-bond donors (Lipinski definition) is 0. The van der Waals surface area contributed by atoms with Gasteiger partial charge in [0.2, 0.25) is 0 Å². The van der Waals surface area contributed by atoms with E-state index in [1.54, 1.807) is 6.92 Å². The van der Waals surface area contributed by atoms with Crippen LogP contribution in [0.4, 0.5) is 0 Å². The Morgan fingerprint density at radius 2 is 1.82 bits per heavy atom. The highest BCUT2D eigenvalue weighted by molar-refractivity contribution is 5.65. The first-order chi connectivity index (χ1) is 5.02. The van der Waals surface area contributed by atoms with Crippen LogP contribution >= 0.6 is 0 Å². The third kappa shape index (κ3) is 6.83. The number of hydrogen-bond acceptors (Lipinski definition) is 4. The number of rotatable bonds is 5. The standard InChI is InChI=1S/C7H12O4/c1-5(4-7(10)11)2-3-6(8)9/h5H,2-4H2,1H3,(H,8,9)(H,10,11)/p-2/t5-/m0/s1. The summed E-state index contributed by atoms with van der Waals surface area (Å²) in [5.74, 6) is -2.44. The molecule has 0 N–H and O–H groups in total. The predicted octanol–water partition coefficient (Wildman–Crippen LogP) is -1.71. The maximum Gasteiger partial charge on any atom is 0.0416 e. The molecule has 64 valence electrons. The predicted molar refractivity (Wildman–Crippen MR) is 33.0 cm³/mol. The highest BCUT2D eigenvalue weighted by Crippen LogP contribution is 2.08. The minimum absolute atomic E-state index is 0.0888. The van der Waals surface area contributed by atoms with Gasteiger partial charge >= 0.3 is 0 Å². The van der Waals surface area contributed by atoms with E-state index in [-0.39, 0.29) is 18.8 Å². The smallest absolute Gasteiger partial charge is 0.0416 e. The van der Waals surface area contributed by atoms with E-state index >= 15 is 0 Å². The first kappa shape index (κ1) is 9.94. The summed E-state index contributed by atoms with van der Waals surface area (Å²) in [7, 11) is 0. The number of carbonyl (C=O) groups is 2.